The van der Waals surface area contributed by atoms with Crippen LogP contribution in [-0.2, 0) is 14.4 Å². The largest absolute Gasteiger partial charge is 0.325 e. The minimum Gasteiger partial charge on any atom is -0.325 e. The monoisotopic (exact) mass is 322 g/mol. The molecule has 5 heteroatoms. The number of aryl methyl sites for hydroxylation is 2. The zero-order valence-electron chi connectivity index (χ0n) is 13.6. The fourth-order valence-electron chi connectivity index (χ4n) is 2.74. The molecule has 0 bridgehead atoms. The van der Waals surface area contributed by atoms with Crippen LogP contribution in [0.1, 0.15) is 11.1 Å². The van der Waals surface area contributed by atoms with E-state index in [-0.39, 0.29) is 12.3 Å². The summed E-state index contributed by atoms with van der Waals surface area (Å²) in [6.07, 6.45) is 0. The molecule has 0 spiro atoms. The lowest BCUT2D eigenvalue weighted by Gasteiger charge is -2.15. The van der Waals surface area contributed by atoms with Crippen LogP contribution in [0.25, 0.3) is 0 Å². The average Bonchev–Trinajstić information content (AvgIpc) is 2.86. The maximum absolute atomic E-state index is 12.5. The van der Waals surface area contributed by atoms with E-state index in [0.717, 1.165) is 11.1 Å². The molecule has 1 aliphatic rings. The number of hydrogen-bond donors (Lipinski definition) is 1. The summed E-state index contributed by atoms with van der Waals surface area (Å²) >= 11 is 0. The van der Waals surface area contributed by atoms with Crippen molar-refractivity contribution in [1.29, 1.82) is 0 Å². The first-order valence-electron chi connectivity index (χ1n) is 7.74. The van der Waals surface area contributed by atoms with Gasteiger partial charge in [0.25, 0.3) is 0 Å². The van der Waals surface area contributed by atoms with Crippen LogP contribution in [-0.4, -0.2) is 24.1 Å². The summed E-state index contributed by atoms with van der Waals surface area (Å²) in [5.41, 5.74) is 3.35. The molecule has 0 aromatic heterocycles. The number of carbonyl (C=O) groups is 3. The summed E-state index contributed by atoms with van der Waals surface area (Å²) in [6, 6.07) is 14.4. The van der Waals surface area contributed by atoms with Gasteiger partial charge in [0, 0.05) is 11.4 Å². The first kappa shape index (κ1) is 15.9. The Balaban J connectivity index is 1.78. The first-order valence-corrected chi connectivity index (χ1v) is 7.74. The molecule has 0 unspecified atom stereocenters. The second-order valence-electron chi connectivity index (χ2n) is 5.95. The number of para-hydroxylation sites is 1. The number of nitrogens with one attached hydrogen (secondary N) is 1. The second-order valence-corrected chi connectivity index (χ2v) is 5.95. The lowest BCUT2D eigenvalue weighted by Crippen LogP contribution is -2.34. The molecule has 1 saturated heterocycles. The highest BCUT2D eigenvalue weighted by Crippen LogP contribution is 2.24. The average molecular weight is 322 g/mol. The van der Waals surface area contributed by atoms with Gasteiger partial charge in [0.05, 0.1) is 6.54 Å². The van der Waals surface area contributed by atoms with E-state index in [1.165, 1.54) is 4.90 Å². The van der Waals surface area contributed by atoms with Gasteiger partial charge in [-0.1, -0.05) is 24.3 Å². The highest BCUT2D eigenvalue weighted by atomic mass is 16.2. The molecule has 2 aromatic rings. The Morgan fingerprint density at radius 2 is 1.75 bits per heavy atom. The predicted molar refractivity (Wildman–Crippen MR) is 91.8 cm³/mol. The van der Waals surface area contributed by atoms with E-state index in [1.807, 2.05) is 32.0 Å². The van der Waals surface area contributed by atoms with E-state index in [4.69, 9.17) is 0 Å². The number of nitrogens with zero attached hydrogens (tertiary/aromatic N) is 1. The predicted octanol–water partition coefficient (Wildman–Crippen LogP) is 2.47. The molecule has 0 radical (unpaired) electrons. The van der Waals surface area contributed by atoms with Gasteiger partial charge in [0.2, 0.25) is 11.8 Å². The third kappa shape index (κ3) is 2.93. The van der Waals surface area contributed by atoms with E-state index < -0.39 is 17.7 Å². The van der Waals surface area contributed by atoms with E-state index in [2.05, 4.69) is 5.32 Å². The molecule has 5 nitrogen and oxygen atoms in total. The zero-order valence-corrected chi connectivity index (χ0v) is 13.6. The summed E-state index contributed by atoms with van der Waals surface area (Å²) in [5.74, 6) is -2.73. The van der Waals surface area contributed by atoms with Crippen molar-refractivity contribution in [1.82, 2.24) is 0 Å². The summed E-state index contributed by atoms with van der Waals surface area (Å²) < 4.78 is 0. The lowest BCUT2D eigenvalue weighted by atomic mass is 10.1. The fraction of sp³-hybridized carbons (Fsp3) is 0.211. The molecule has 1 atom stereocenters. The molecule has 2 amide bonds. The van der Waals surface area contributed by atoms with Crippen molar-refractivity contribution in [2.24, 2.45) is 5.92 Å². The van der Waals surface area contributed by atoms with Crippen molar-refractivity contribution in [3.63, 3.8) is 0 Å². The Bertz CT molecular complexity index is 815. The van der Waals surface area contributed by atoms with E-state index >= 15 is 0 Å². The van der Waals surface area contributed by atoms with E-state index in [9.17, 15) is 14.4 Å². The Hall–Kier alpha value is -2.95. The van der Waals surface area contributed by atoms with Gasteiger partial charge >= 0.3 is 0 Å². The number of amides is 2. The topological polar surface area (TPSA) is 66.5 Å². The second kappa shape index (κ2) is 6.28. The van der Waals surface area contributed by atoms with Crippen molar-refractivity contribution >= 4 is 29.0 Å². The third-order valence-corrected chi connectivity index (χ3v) is 4.25. The normalized spacial score (nSPS) is 17.2. The molecule has 1 aliphatic heterocycles. The number of carbonyl (C=O) groups excluding carboxylic acids is 3. The van der Waals surface area contributed by atoms with Crippen LogP contribution in [0.5, 0.6) is 0 Å². The SMILES string of the molecule is Cc1ccc(NC(=O)[C@H]2C(=O)CN(c3ccccc3)C2=O)cc1C. The van der Waals surface area contributed by atoms with Gasteiger partial charge in [-0.3, -0.25) is 14.4 Å². The van der Waals surface area contributed by atoms with Gasteiger partial charge in [-0.25, -0.2) is 0 Å². The molecule has 0 saturated carbocycles. The number of anilines is 2. The third-order valence-electron chi connectivity index (χ3n) is 4.25. The summed E-state index contributed by atoms with van der Waals surface area (Å²) in [5, 5.41) is 2.68. The standard InChI is InChI=1S/C19H18N2O3/c1-12-8-9-14(10-13(12)2)20-18(23)17-16(22)11-21(19(17)24)15-6-4-3-5-7-15/h3-10,17H,11H2,1-2H3,(H,20,23)/t17-/m1/s1. The molecule has 3 rings (SSSR count). The van der Waals surface area contributed by atoms with Crippen LogP contribution < -0.4 is 10.2 Å². The highest BCUT2D eigenvalue weighted by Gasteiger charge is 2.44. The molecular weight excluding hydrogens is 304 g/mol. The Morgan fingerprint density at radius 1 is 1.04 bits per heavy atom. The molecule has 2 aromatic carbocycles. The van der Waals surface area contributed by atoms with Gasteiger partial charge in [-0.2, -0.15) is 0 Å². The van der Waals surface area contributed by atoms with Gasteiger partial charge < -0.3 is 10.2 Å². The lowest BCUT2D eigenvalue weighted by molar-refractivity contribution is -0.134. The van der Waals surface area contributed by atoms with E-state index in [0.29, 0.717) is 11.4 Å². The van der Waals surface area contributed by atoms with Gasteiger partial charge in [-0.05, 0) is 49.2 Å². The Labute approximate surface area is 140 Å². The van der Waals surface area contributed by atoms with E-state index in [1.54, 1.807) is 30.3 Å². The highest BCUT2D eigenvalue weighted by molar-refractivity contribution is 6.30. The van der Waals surface area contributed by atoms with Crippen molar-refractivity contribution < 1.29 is 14.4 Å². The maximum atomic E-state index is 12.5. The first-order chi connectivity index (χ1) is 11.5. The zero-order chi connectivity index (χ0) is 17.3. The van der Waals surface area contributed by atoms with Crippen LogP contribution in [0, 0.1) is 19.8 Å². The summed E-state index contributed by atoms with van der Waals surface area (Å²) in [4.78, 5) is 38.5. The number of hydrogen-bond acceptors (Lipinski definition) is 3. The maximum Gasteiger partial charge on any atom is 0.247 e. The Kier molecular flexibility index (Phi) is 4.16. The molecule has 0 aliphatic carbocycles. The van der Waals surface area contributed by atoms with Crippen LogP contribution in [0.2, 0.25) is 0 Å². The van der Waals surface area contributed by atoms with Crippen LogP contribution in [0.3, 0.4) is 0 Å². The van der Waals surface area contributed by atoms with Gasteiger partial charge in [0.1, 0.15) is 0 Å². The minimum atomic E-state index is -1.29. The summed E-state index contributed by atoms with van der Waals surface area (Å²) in [6.45, 7) is 3.84. The minimum absolute atomic E-state index is 0.0755. The molecule has 122 valence electrons. The van der Waals surface area contributed by atoms with Crippen molar-refractivity contribution in [2.75, 3.05) is 16.8 Å². The number of benzene rings is 2. The smallest absolute Gasteiger partial charge is 0.247 e. The van der Waals surface area contributed by atoms with Gasteiger partial charge in [0.15, 0.2) is 11.7 Å². The molecule has 1 N–H and O–H groups in total. The van der Waals surface area contributed by atoms with Crippen molar-refractivity contribution in [3.05, 3.63) is 59.7 Å². The molecular formula is C19H18N2O3. The number of ketones is 1. The fourth-order valence-corrected chi connectivity index (χ4v) is 2.74. The van der Waals surface area contributed by atoms with Crippen LogP contribution in [0.15, 0.2) is 48.5 Å². The van der Waals surface area contributed by atoms with Crippen molar-refractivity contribution in [2.45, 2.75) is 13.8 Å². The summed E-state index contributed by atoms with van der Waals surface area (Å²) in [7, 11) is 0. The quantitative estimate of drug-likeness (QED) is 0.883. The number of Topliss-reactive ketones (excluding diaryl/α,β-unsaturated/α-hetero) is 1. The van der Waals surface area contributed by atoms with Crippen molar-refractivity contribution in [3.8, 4) is 0 Å². The van der Waals surface area contributed by atoms with Crippen LogP contribution in [0.4, 0.5) is 11.4 Å². The molecule has 1 fully saturated rings. The number of rotatable bonds is 3. The van der Waals surface area contributed by atoms with Crippen LogP contribution >= 0.6 is 0 Å². The molecule has 1 heterocycles. The van der Waals surface area contributed by atoms with Gasteiger partial charge in [-0.15, -0.1) is 0 Å². The molecule has 24 heavy (non-hydrogen) atoms. The Morgan fingerprint density at radius 3 is 2.42 bits per heavy atom.